The number of halogens is 1. The summed E-state index contributed by atoms with van der Waals surface area (Å²) in [4.78, 5) is 0. The van der Waals surface area contributed by atoms with E-state index >= 15 is 0 Å². The van der Waals surface area contributed by atoms with Crippen molar-refractivity contribution < 1.29 is 13.5 Å². The molecule has 1 atom stereocenters. The average molecular weight is 247 g/mol. The molecule has 1 saturated heterocycles. The Morgan fingerprint density at radius 2 is 1.87 bits per heavy atom. The van der Waals surface area contributed by atoms with Gasteiger partial charge in [0, 0.05) is 5.02 Å². The fourth-order valence-electron chi connectivity index (χ4n) is 1.82. The third kappa shape index (κ3) is 2.17. The Balaban J connectivity index is 2.35. The van der Waals surface area contributed by atoms with Crippen molar-refractivity contribution in [2.45, 2.75) is 12.0 Å². The molecular weight excluding hydrogens is 236 g/mol. The van der Waals surface area contributed by atoms with E-state index in [9.17, 15) is 13.5 Å². The molecule has 0 amide bonds. The molecule has 1 N–H and O–H groups in total. The van der Waals surface area contributed by atoms with Crippen LogP contribution in [-0.2, 0) is 15.4 Å². The molecule has 0 saturated carbocycles. The van der Waals surface area contributed by atoms with Crippen molar-refractivity contribution >= 4 is 21.4 Å². The van der Waals surface area contributed by atoms with Crippen molar-refractivity contribution in [3.8, 4) is 0 Å². The lowest BCUT2D eigenvalue weighted by Crippen LogP contribution is -2.26. The average Bonchev–Trinajstić information content (AvgIpc) is 2.43. The number of sulfone groups is 1. The van der Waals surface area contributed by atoms with Gasteiger partial charge in [0.15, 0.2) is 9.84 Å². The van der Waals surface area contributed by atoms with E-state index in [1.165, 1.54) is 0 Å². The summed E-state index contributed by atoms with van der Waals surface area (Å²) in [6.45, 7) is 0. The summed E-state index contributed by atoms with van der Waals surface area (Å²) >= 11 is 5.72. The van der Waals surface area contributed by atoms with Crippen molar-refractivity contribution in [3.05, 3.63) is 34.9 Å². The molecule has 0 radical (unpaired) electrons. The molecule has 3 nitrogen and oxygen atoms in total. The summed E-state index contributed by atoms with van der Waals surface area (Å²) in [5, 5.41) is 10.7. The minimum Gasteiger partial charge on any atom is -0.384 e. The third-order valence-electron chi connectivity index (χ3n) is 2.67. The molecule has 15 heavy (non-hydrogen) atoms. The van der Waals surface area contributed by atoms with E-state index in [4.69, 9.17) is 11.6 Å². The zero-order valence-corrected chi connectivity index (χ0v) is 9.55. The summed E-state index contributed by atoms with van der Waals surface area (Å²) < 4.78 is 22.6. The summed E-state index contributed by atoms with van der Waals surface area (Å²) in [5.41, 5.74) is -0.614. The van der Waals surface area contributed by atoms with Crippen molar-refractivity contribution in [1.82, 2.24) is 0 Å². The first-order valence-corrected chi connectivity index (χ1v) is 6.80. The predicted molar refractivity (Wildman–Crippen MR) is 58.6 cm³/mol. The third-order valence-corrected chi connectivity index (χ3v) is 4.66. The van der Waals surface area contributed by atoms with E-state index in [0.717, 1.165) is 0 Å². The first kappa shape index (κ1) is 10.9. The van der Waals surface area contributed by atoms with E-state index in [-0.39, 0.29) is 17.9 Å². The molecule has 0 bridgehead atoms. The molecule has 0 aromatic heterocycles. The molecule has 1 heterocycles. The normalized spacial score (nSPS) is 29.2. The smallest absolute Gasteiger partial charge is 0.153 e. The van der Waals surface area contributed by atoms with Gasteiger partial charge < -0.3 is 5.11 Å². The Morgan fingerprint density at radius 1 is 1.27 bits per heavy atom. The SMILES string of the molecule is O=S1(=O)CCC(O)(c2ccc(Cl)cc2)C1. The molecule has 1 aliphatic rings. The van der Waals surface area contributed by atoms with Gasteiger partial charge in [0.25, 0.3) is 0 Å². The largest absolute Gasteiger partial charge is 0.384 e. The molecule has 1 aromatic carbocycles. The van der Waals surface area contributed by atoms with Crippen LogP contribution in [-0.4, -0.2) is 25.0 Å². The molecule has 82 valence electrons. The maximum Gasteiger partial charge on any atom is 0.153 e. The highest BCUT2D eigenvalue weighted by Crippen LogP contribution is 2.33. The van der Waals surface area contributed by atoms with Crippen molar-refractivity contribution in [1.29, 1.82) is 0 Å². The Hall–Kier alpha value is -0.580. The van der Waals surface area contributed by atoms with Gasteiger partial charge in [-0.3, -0.25) is 0 Å². The highest BCUT2D eigenvalue weighted by atomic mass is 35.5. The van der Waals surface area contributed by atoms with Crippen LogP contribution >= 0.6 is 11.6 Å². The van der Waals surface area contributed by atoms with Crippen LogP contribution in [0.4, 0.5) is 0 Å². The molecule has 1 aliphatic heterocycles. The van der Waals surface area contributed by atoms with Crippen LogP contribution in [0.2, 0.25) is 5.02 Å². The second-order valence-corrected chi connectivity index (χ2v) is 6.50. The molecule has 0 spiro atoms. The summed E-state index contributed by atoms with van der Waals surface area (Å²) in [5.74, 6) is -0.145. The zero-order chi connectivity index (χ0) is 11.1. The zero-order valence-electron chi connectivity index (χ0n) is 7.98. The standard InChI is InChI=1S/C10H11ClO3S/c11-9-3-1-8(2-4-9)10(12)5-6-15(13,14)7-10/h1-4,12H,5-7H2. The number of rotatable bonds is 1. The van der Waals surface area contributed by atoms with Crippen LogP contribution in [0.3, 0.4) is 0 Å². The van der Waals surface area contributed by atoms with Crippen molar-refractivity contribution in [2.24, 2.45) is 0 Å². The van der Waals surface area contributed by atoms with E-state index in [0.29, 0.717) is 10.6 Å². The Morgan fingerprint density at radius 3 is 2.33 bits per heavy atom. The van der Waals surface area contributed by atoms with Crippen molar-refractivity contribution in [2.75, 3.05) is 11.5 Å². The fraction of sp³-hybridized carbons (Fsp3) is 0.400. The van der Waals surface area contributed by atoms with Crippen LogP contribution in [0.5, 0.6) is 0 Å². The minimum atomic E-state index is -3.10. The molecule has 2 rings (SSSR count). The maximum atomic E-state index is 11.3. The second-order valence-electron chi connectivity index (χ2n) is 3.88. The molecule has 0 aliphatic carbocycles. The van der Waals surface area contributed by atoms with Gasteiger partial charge in [0.2, 0.25) is 0 Å². The first-order valence-electron chi connectivity index (χ1n) is 4.60. The number of hydrogen-bond acceptors (Lipinski definition) is 3. The summed E-state index contributed by atoms with van der Waals surface area (Å²) in [7, 11) is -3.10. The maximum absolute atomic E-state index is 11.3. The van der Waals surface area contributed by atoms with Gasteiger partial charge in [-0.05, 0) is 24.1 Å². The van der Waals surface area contributed by atoms with Gasteiger partial charge in [0.1, 0.15) is 5.60 Å². The van der Waals surface area contributed by atoms with Crippen molar-refractivity contribution in [3.63, 3.8) is 0 Å². The Bertz CT molecular complexity index is 466. The predicted octanol–water partition coefficient (Wildman–Crippen LogP) is 1.35. The number of hydrogen-bond donors (Lipinski definition) is 1. The van der Waals surface area contributed by atoms with Crippen LogP contribution < -0.4 is 0 Å². The van der Waals surface area contributed by atoms with Gasteiger partial charge in [-0.2, -0.15) is 0 Å². The quantitative estimate of drug-likeness (QED) is 0.814. The van der Waals surface area contributed by atoms with Crippen LogP contribution in [0.15, 0.2) is 24.3 Å². The topological polar surface area (TPSA) is 54.4 Å². The molecule has 1 aromatic rings. The molecular formula is C10H11ClO3S. The summed E-state index contributed by atoms with van der Waals surface area (Å²) in [6.07, 6.45) is 0.261. The van der Waals surface area contributed by atoms with E-state index in [2.05, 4.69) is 0 Å². The summed E-state index contributed by atoms with van der Waals surface area (Å²) in [6, 6.07) is 6.64. The molecule has 1 unspecified atom stereocenters. The van der Waals surface area contributed by atoms with Gasteiger partial charge in [0.05, 0.1) is 11.5 Å². The Kier molecular flexibility index (Phi) is 2.53. The van der Waals surface area contributed by atoms with Crippen LogP contribution in [0.1, 0.15) is 12.0 Å². The van der Waals surface area contributed by atoms with E-state index in [1.54, 1.807) is 24.3 Å². The van der Waals surface area contributed by atoms with E-state index < -0.39 is 15.4 Å². The van der Waals surface area contributed by atoms with Crippen LogP contribution in [0, 0.1) is 0 Å². The minimum absolute atomic E-state index is 0.0477. The lowest BCUT2D eigenvalue weighted by atomic mass is 9.94. The fourth-order valence-corrected chi connectivity index (χ4v) is 3.78. The molecule has 1 fully saturated rings. The van der Waals surface area contributed by atoms with Gasteiger partial charge in [-0.1, -0.05) is 23.7 Å². The lowest BCUT2D eigenvalue weighted by molar-refractivity contribution is 0.0653. The molecule has 5 heteroatoms. The van der Waals surface area contributed by atoms with Gasteiger partial charge in [-0.15, -0.1) is 0 Å². The second kappa shape index (κ2) is 3.47. The van der Waals surface area contributed by atoms with Gasteiger partial charge >= 0.3 is 0 Å². The number of aliphatic hydroxyl groups is 1. The lowest BCUT2D eigenvalue weighted by Gasteiger charge is -2.20. The highest BCUT2D eigenvalue weighted by Gasteiger charge is 2.41. The van der Waals surface area contributed by atoms with E-state index in [1.807, 2.05) is 0 Å². The first-order chi connectivity index (χ1) is 6.91. The Labute approximate surface area is 93.6 Å². The monoisotopic (exact) mass is 246 g/mol. The highest BCUT2D eigenvalue weighted by molar-refractivity contribution is 7.91. The van der Waals surface area contributed by atoms with Crippen LogP contribution in [0.25, 0.3) is 0 Å². The number of benzene rings is 1. The van der Waals surface area contributed by atoms with Gasteiger partial charge in [-0.25, -0.2) is 8.42 Å².